The van der Waals surface area contributed by atoms with Crippen LogP contribution >= 0.6 is 0 Å². The van der Waals surface area contributed by atoms with Crippen LogP contribution in [0.4, 0.5) is 4.79 Å². The summed E-state index contributed by atoms with van der Waals surface area (Å²) in [7, 11) is 0. The van der Waals surface area contributed by atoms with Crippen molar-refractivity contribution in [1.82, 2.24) is 0 Å². The lowest BCUT2D eigenvalue weighted by atomic mass is 10.4. The van der Waals surface area contributed by atoms with Crippen LogP contribution in [-0.4, -0.2) is 63.3 Å². The third-order valence-corrected chi connectivity index (χ3v) is 2.59. The van der Waals surface area contributed by atoms with Crippen molar-refractivity contribution in [2.24, 2.45) is 5.73 Å². The van der Waals surface area contributed by atoms with Crippen LogP contribution in [0.5, 0.6) is 0 Å². The Morgan fingerprint density at radius 2 is 1.27 bits per heavy atom. The molecule has 2 atom stereocenters. The van der Waals surface area contributed by atoms with E-state index in [4.69, 9.17) is 18.9 Å². The summed E-state index contributed by atoms with van der Waals surface area (Å²) in [6, 6.07) is 0. The first-order chi connectivity index (χ1) is 12.2. The number of esters is 2. The molecular weight excluding hydrogens is 346 g/mol. The molecule has 2 heterocycles. The molecule has 2 rings (SSSR count). The van der Waals surface area contributed by atoms with E-state index >= 15 is 0 Å². The van der Waals surface area contributed by atoms with Crippen LogP contribution in [0.3, 0.4) is 0 Å². The average molecular weight is 373 g/mol. The van der Waals surface area contributed by atoms with Crippen molar-refractivity contribution in [3.05, 3.63) is 24.3 Å². The van der Waals surface area contributed by atoms with E-state index in [0.717, 1.165) is 0 Å². The van der Waals surface area contributed by atoms with Gasteiger partial charge in [-0.3, -0.25) is 0 Å². The molecule has 26 heavy (non-hydrogen) atoms. The summed E-state index contributed by atoms with van der Waals surface area (Å²) in [5.74, 6) is -0.675. The Hall–Kier alpha value is -2.39. The van der Waals surface area contributed by atoms with Crippen LogP contribution in [0.15, 0.2) is 24.3 Å². The fraction of sp³-hybridized carbons (Fsp3) is 0.588. The van der Waals surface area contributed by atoms with Gasteiger partial charge in [-0.2, -0.15) is 0 Å². The van der Waals surface area contributed by atoms with Crippen LogP contribution < -0.4 is 5.73 Å². The van der Waals surface area contributed by atoms with Crippen LogP contribution in [0, 0.1) is 0 Å². The molecule has 0 spiro atoms. The van der Waals surface area contributed by atoms with Crippen molar-refractivity contribution < 1.29 is 38.1 Å². The number of nitrogens with two attached hydrogens (primary N) is 1. The lowest BCUT2D eigenvalue weighted by Gasteiger charge is -1.99. The first-order valence-electron chi connectivity index (χ1n) is 7.98. The van der Waals surface area contributed by atoms with Crippen molar-refractivity contribution in [2.75, 3.05) is 33.0 Å². The second kappa shape index (κ2) is 12.9. The van der Waals surface area contributed by atoms with Crippen LogP contribution in [-0.2, 0) is 33.3 Å². The van der Waals surface area contributed by atoms with Gasteiger partial charge in [0.2, 0.25) is 0 Å². The number of hydrogen-bond donors (Lipinski definition) is 1. The highest BCUT2D eigenvalue weighted by Crippen LogP contribution is 2.09. The summed E-state index contributed by atoms with van der Waals surface area (Å²) >= 11 is 0. The molecule has 2 saturated heterocycles. The molecule has 2 fully saturated rings. The van der Waals surface area contributed by atoms with Gasteiger partial charge in [-0.05, 0) is 20.8 Å². The van der Waals surface area contributed by atoms with Gasteiger partial charge in [0.05, 0.1) is 19.8 Å². The topological polar surface area (TPSA) is 130 Å². The summed E-state index contributed by atoms with van der Waals surface area (Å²) in [6.45, 7) is 14.3. The smallest absolute Gasteiger partial charge is 0.404 e. The predicted molar refractivity (Wildman–Crippen MR) is 92.2 cm³/mol. The highest BCUT2D eigenvalue weighted by atomic mass is 16.6. The molecule has 0 aliphatic carbocycles. The number of carbonyl (C=O) groups excluding carboxylic acids is 3. The van der Waals surface area contributed by atoms with Gasteiger partial charge < -0.3 is 29.4 Å². The molecule has 9 nitrogen and oxygen atoms in total. The Balaban J connectivity index is 0.000000375. The van der Waals surface area contributed by atoms with E-state index < -0.39 is 6.09 Å². The molecule has 0 saturated carbocycles. The van der Waals surface area contributed by atoms with E-state index in [9.17, 15) is 14.4 Å². The lowest BCUT2D eigenvalue weighted by molar-refractivity contribution is -0.140. The molecule has 0 radical (unpaired) electrons. The van der Waals surface area contributed by atoms with Crippen molar-refractivity contribution in [3.8, 4) is 0 Å². The maximum atomic E-state index is 10.7. The Morgan fingerprint density at radius 1 is 0.923 bits per heavy atom. The summed E-state index contributed by atoms with van der Waals surface area (Å²) in [6.07, 6.45) is -0.427. The minimum atomic E-state index is -0.711. The highest BCUT2D eigenvalue weighted by molar-refractivity contribution is 5.87. The normalized spacial score (nSPS) is 18.6. The molecule has 2 unspecified atom stereocenters. The minimum Gasteiger partial charge on any atom is -0.459 e. The SMILES string of the molecule is C=C(C)C(=O)OCC1CO1.C=C(C)C(=O)OCC1CO1.CCOC(N)=O. The maximum Gasteiger partial charge on any atom is 0.404 e. The molecule has 0 bridgehead atoms. The van der Waals surface area contributed by atoms with E-state index in [1.165, 1.54) is 0 Å². The predicted octanol–water partition coefficient (Wildman–Crippen LogP) is 1.11. The van der Waals surface area contributed by atoms with Crippen molar-refractivity contribution >= 4 is 18.0 Å². The number of amides is 1. The highest BCUT2D eigenvalue weighted by Gasteiger charge is 2.24. The fourth-order valence-electron chi connectivity index (χ4n) is 1.05. The molecule has 2 N–H and O–H groups in total. The van der Waals surface area contributed by atoms with E-state index in [0.29, 0.717) is 44.2 Å². The van der Waals surface area contributed by atoms with Gasteiger partial charge in [0, 0.05) is 11.1 Å². The Morgan fingerprint density at radius 3 is 1.42 bits per heavy atom. The number of ether oxygens (including phenoxy) is 5. The van der Waals surface area contributed by atoms with Gasteiger partial charge >= 0.3 is 18.0 Å². The largest absolute Gasteiger partial charge is 0.459 e. The standard InChI is InChI=1S/2C7H10O3.C3H7NO2/c2*1-5(2)7(8)10-4-6-3-9-6;1-2-6-3(4)5/h2*6H,1,3-4H2,2H3;2H2,1H3,(H2,4,5). The van der Waals surface area contributed by atoms with E-state index in [1.807, 2.05) is 0 Å². The number of epoxide rings is 2. The third kappa shape index (κ3) is 15.2. The quantitative estimate of drug-likeness (QED) is 0.304. The van der Waals surface area contributed by atoms with E-state index in [1.54, 1.807) is 20.8 Å². The third-order valence-electron chi connectivity index (χ3n) is 2.59. The summed E-state index contributed by atoms with van der Waals surface area (Å²) in [5.41, 5.74) is 5.40. The second-order valence-corrected chi connectivity index (χ2v) is 5.42. The summed E-state index contributed by atoms with van der Waals surface area (Å²) in [5, 5.41) is 0. The average Bonchev–Trinajstić information content (AvgIpc) is 3.46. The van der Waals surface area contributed by atoms with Crippen molar-refractivity contribution in [3.63, 3.8) is 0 Å². The van der Waals surface area contributed by atoms with Crippen molar-refractivity contribution in [2.45, 2.75) is 33.0 Å². The number of hydrogen-bond acceptors (Lipinski definition) is 8. The molecule has 9 heteroatoms. The van der Waals surface area contributed by atoms with Gasteiger partial charge in [-0.25, -0.2) is 14.4 Å². The molecule has 0 aromatic rings. The second-order valence-electron chi connectivity index (χ2n) is 5.42. The zero-order chi connectivity index (χ0) is 20.1. The van der Waals surface area contributed by atoms with E-state index in [2.05, 4.69) is 23.6 Å². The zero-order valence-electron chi connectivity index (χ0n) is 15.4. The summed E-state index contributed by atoms with van der Waals surface area (Å²) in [4.78, 5) is 31.0. The maximum absolute atomic E-state index is 10.7. The van der Waals surface area contributed by atoms with Gasteiger partial charge in [-0.15, -0.1) is 0 Å². The molecule has 2 aliphatic rings. The Kier molecular flexibility index (Phi) is 11.7. The molecule has 148 valence electrons. The fourth-order valence-corrected chi connectivity index (χ4v) is 1.05. The first kappa shape index (κ1) is 23.6. The van der Waals surface area contributed by atoms with Gasteiger partial charge in [-0.1, -0.05) is 13.2 Å². The first-order valence-corrected chi connectivity index (χ1v) is 7.98. The zero-order valence-corrected chi connectivity index (χ0v) is 15.4. The molecule has 2 aliphatic heterocycles. The number of primary amides is 1. The molecular formula is C17H27NO8. The Bertz CT molecular complexity index is 471. The lowest BCUT2D eigenvalue weighted by Crippen LogP contribution is -2.11. The van der Waals surface area contributed by atoms with Gasteiger partial charge in [0.15, 0.2) is 0 Å². The van der Waals surface area contributed by atoms with Crippen LogP contribution in [0.25, 0.3) is 0 Å². The van der Waals surface area contributed by atoms with Crippen molar-refractivity contribution in [1.29, 1.82) is 0 Å². The minimum absolute atomic E-state index is 0.142. The monoisotopic (exact) mass is 373 g/mol. The molecule has 0 aromatic heterocycles. The number of carbonyl (C=O) groups is 3. The number of rotatable bonds is 7. The van der Waals surface area contributed by atoms with E-state index in [-0.39, 0.29) is 24.1 Å². The van der Waals surface area contributed by atoms with Gasteiger partial charge in [0.1, 0.15) is 25.4 Å². The molecule has 0 aromatic carbocycles. The van der Waals surface area contributed by atoms with Gasteiger partial charge in [0.25, 0.3) is 0 Å². The summed E-state index contributed by atoms with van der Waals surface area (Å²) < 4.78 is 23.4. The van der Waals surface area contributed by atoms with Crippen LogP contribution in [0.1, 0.15) is 20.8 Å². The molecule has 1 amide bonds. The Labute approximate surface area is 153 Å². The van der Waals surface area contributed by atoms with Crippen LogP contribution in [0.2, 0.25) is 0 Å².